The normalized spacial score (nSPS) is 16.2. The lowest BCUT2D eigenvalue weighted by molar-refractivity contribution is -0.170. The molecule has 0 unspecified atom stereocenters. The summed E-state index contributed by atoms with van der Waals surface area (Å²) in [5.74, 6) is -3.07. The molecule has 0 bridgehead atoms. The van der Waals surface area contributed by atoms with Gasteiger partial charge in [-0.1, -0.05) is 0 Å². The number of fused-ring (bicyclic) bond motifs is 1. The van der Waals surface area contributed by atoms with Gasteiger partial charge in [-0.25, -0.2) is 23.1 Å². The highest BCUT2D eigenvalue weighted by molar-refractivity contribution is 5.77. The molecule has 9 nitrogen and oxygen atoms in total. The first-order valence-corrected chi connectivity index (χ1v) is 9.55. The Labute approximate surface area is 172 Å². The molecule has 0 saturated heterocycles. The third-order valence-electron chi connectivity index (χ3n) is 4.23. The number of imidazole rings is 1. The maximum Gasteiger partial charge on any atom is 0.407 e. The first-order valence-electron chi connectivity index (χ1n) is 9.55. The summed E-state index contributed by atoms with van der Waals surface area (Å²) in [6.45, 7) is 5.45. The number of nitrogens with one attached hydrogen (secondary N) is 2. The van der Waals surface area contributed by atoms with Crippen molar-refractivity contribution in [2.24, 2.45) is 0 Å². The monoisotopic (exact) mass is 425 g/mol. The van der Waals surface area contributed by atoms with Crippen LogP contribution in [0.4, 0.5) is 13.6 Å². The molecule has 2 heterocycles. The Kier molecular flexibility index (Phi) is 6.20. The van der Waals surface area contributed by atoms with Gasteiger partial charge in [-0.15, -0.1) is 0 Å². The van der Waals surface area contributed by atoms with Gasteiger partial charge in [0.1, 0.15) is 12.2 Å². The average molecular weight is 425 g/mol. The molecule has 11 heteroatoms. The fourth-order valence-electron chi connectivity index (χ4n) is 2.79. The van der Waals surface area contributed by atoms with Gasteiger partial charge in [0.05, 0.1) is 30.7 Å². The lowest BCUT2D eigenvalue weighted by atomic mass is 9.91. The quantitative estimate of drug-likeness (QED) is 0.704. The predicted molar refractivity (Wildman–Crippen MR) is 102 cm³/mol. The van der Waals surface area contributed by atoms with Crippen molar-refractivity contribution in [1.82, 2.24) is 25.2 Å². The van der Waals surface area contributed by atoms with Gasteiger partial charge in [-0.2, -0.15) is 5.10 Å². The van der Waals surface area contributed by atoms with E-state index in [1.54, 1.807) is 43.7 Å². The number of halogens is 2. The van der Waals surface area contributed by atoms with Crippen molar-refractivity contribution in [2.45, 2.75) is 64.3 Å². The second-order valence-corrected chi connectivity index (χ2v) is 8.23. The van der Waals surface area contributed by atoms with Gasteiger partial charge < -0.3 is 20.1 Å². The Morgan fingerprint density at radius 2 is 2.00 bits per heavy atom. The van der Waals surface area contributed by atoms with Crippen molar-refractivity contribution in [3.8, 4) is 0 Å². The third kappa shape index (κ3) is 6.34. The molecule has 0 aliphatic heterocycles. The number of nitrogens with zero attached hydrogens (tertiary/aromatic N) is 3. The van der Waals surface area contributed by atoms with Gasteiger partial charge in [0, 0.05) is 19.4 Å². The number of ether oxygens (including phenoxy) is 2. The van der Waals surface area contributed by atoms with Gasteiger partial charge in [0.2, 0.25) is 5.91 Å². The van der Waals surface area contributed by atoms with E-state index in [2.05, 4.69) is 20.7 Å². The number of carbonyl (C=O) groups excluding carboxylic acids is 2. The number of aromatic nitrogens is 3. The number of hydrogen-bond acceptors (Lipinski definition) is 6. The molecular formula is C19H25F2N5O4. The van der Waals surface area contributed by atoms with Crippen LogP contribution in [-0.2, 0) is 27.4 Å². The summed E-state index contributed by atoms with van der Waals surface area (Å²) in [6, 6.07) is 1.75. The van der Waals surface area contributed by atoms with Crippen molar-refractivity contribution in [1.29, 1.82) is 0 Å². The lowest BCUT2D eigenvalue weighted by Gasteiger charge is -2.34. The Morgan fingerprint density at radius 3 is 2.67 bits per heavy atom. The molecule has 2 aromatic heterocycles. The lowest BCUT2D eigenvalue weighted by Crippen LogP contribution is -2.43. The molecule has 1 aliphatic carbocycles. The third-order valence-corrected chi connectivity index (χ3v) is 4.23. The van der Waals surface area contributed by atoms with E-state index in [-0.39, 0.29) is 32.5 Å². The number of rotatable bonds is 7. The van der Waals surface area contributed by atoms with Crippen LogP contribution in [0.2, 0.25) is 0 Å². The average Bonchev–Trinajstić information content (AvgIpc) is 3.02. The molecule has 2 amide bonds. The maximum absolute atomic E-state index is 12.7. The molecule has 2 N–H and O–H groups in total. The van der Waals surface area contributed by atoms with Crippen LogP contribution in [0.15, 0.2) is 18.5 Å². The summed E-state index contributed by atoms with van der Waals surface area (Å²) in [6.07, 6.45) is 1.47. The Hall–Kier alpha value is -2.82. The van der Waals surface area contributed by atoms with Crippen molar-refractivity contribution in [3.63, 3.8) is 0 Å². The summed E-state index contributed by atoms with van der Waals surface area (Å²) >= 11 is 0. The molecule has 0 radical (unpaired) electrons. The van der Waals surface area contributed by atoms with E-state index in [9.17, 15) is 18.4 Å². The minimum absolute atomic E-state index is 0.182. The zero-order valence-electron chi connectivity index (χ0n) is 17.1. The number of alkyl carbamates (subject to hydrolysis) is 1. The fourth-order valence-corrected chi connectivity index (χ4v) is 2.79. The summed E-state index contributed by atoms with van der Waals surface area (Å²) in [5.41, 5.74) is 1.27. The Bertz CT molecular complexity index is 917. The minimum Gasteiger partial charge on any atom is -0.444 e. The standard InChI is InChI=1S/C19H25F2N5O4/c1-18(2,3)30-17(28)23-9-13-10-26-15(25-13)4-12(8-24-26)7-22-16(27)11-29-14-5-19(20,21)6-14/h4,8,10,14H,5-7,9,11H2,1-3H3,(H,22,27)(H,23,28). The van der Waals surface area contributed by atoms with Crippen LogP contribution >= 0.6 is 0 Å². The van der Waals surface area contributed by atoms with Crippen LogP contribution < -0.4 is 10.6 Å². The van der Waals surface area contributed by atoms with Gasteiger partial charge in [0.25, 0.3) is 5.92 Å². The van der Waals surface area contributed by atoms with E-state index in [4.69, 9.17) is 9.47 Å². The molecule has 1 aliphatic rings. The zero-order chi connectivity index (χ0) is 21.9. The molecule has 164 valence electrons. The predicted octanol–water partition coefficient (Wildman–Crippen LogP) is 2.18. The SMILES string of the molecule is CC(C)(C)OC(=O)NCc1cn2ncc(CNC(=O)COC3CC(F)(F)C3)cc2n1. The fraction of sp³-hybridized carbons (Fsp3) is 0.579. The van der Waals surface area contributed by atoms with E-state index in [0.717, 1.165) is 0 Å². The topological polar surface area (TPSA) is 107 Å². The van der Waals surface area contributed by atoms with Gasteiger partial charge >= 0.3 is 6.09 Å². The van der Waals surface area contributed by atoms with Crippen molar-refractivity contribution < 1.29 is 27.8 Å². The molecule has 0 spiro atoms. The molecule has 1 saturated carbocycles. The minimum atomic E-state index is -2.67. The van der Waals surface area contributed by atoms with Crippen molar-refractivity contribution in [2.75, 3.05) is 6.61 Å². The maximum atomic E-state index is 12.7. The number of amides is 2. The van der Waals surface area contributed by atoms with E-state index < -0.39 is 29.6 Å². The first kappa shape index (κ1) is 21.9. The largest absolute Gasteiger partial charge is 0.444 e. The highest BCUT2D eigenvalue weighted by Gasteiger charge is 2.46. The smallest absolute Gasteiger partial charge is 0.407 e. The molecule has 3 rings (SSSR count). The highest BCUT2D eigenvalue weighted by Crippen LogP contribution is 2.39. The first-order chi connectivity index (χ1) is 14.0. The molecule has 0 atom stereocenters. The summed E-state index contributed by atoms with van der Waals surface area (Å²) in [5, 5.41) is 9.50. The van der Waals surface area contributed by atoms with Gasteiger partial charge in [-0.3, -0.25) is 4.79 Å². The van der Waals surface area contributed by atoms with Crippen LogP contribution in [0.25, 0.3) is 5.65 Å². The van der Waals surface area contributed by atoms with Crippen molar-refractivity contribution in [3.05, 3.63) is 29.7 Å². The number of hydrogen-bond donors (Lipinski definition) is 2. The van der Waals surface area contributed by atoms with Crippen LogP contribution in [0.3, 0.4) is 0 Å². The van der Waals surface area contributed by atoms with E-state index in [1.807, 2.05) is 0 Å². The zero-order valence-corrected chi connectivity index (χ0v) is 17.1. The highest BCUT2D eigenvalue weighted by atomic mass is 19.3. The molecule has 30 heavy (non-hydrogen) atoms. The van der Waals surface area contributed by atoms with Crippen LogP contribution in [0.1, 0.15) is 44.9 Å². The van der Waals surface area contributed by atoms with E-state index in [0.29, 0.717) is 16.9 Å². The molecular weight excluding hydrogens is 400 g/mol. The molecule has 1 fully saturated rings. The Morgan fingerprint density at radius 1 is 1.27 bits per heavy atom. The van der Waals surface area contributed by atoms with Gasteiger partial charge in [0.15, 0.2) is 5.65 Å². The van der Waals surface area contributed by atoms with Crippen LogP contribution in [-0.4, -0.2) is 50.8 Å². The number of carbonyl (C=O) groups is 2. The number of alkyl halides is 2. The van der Waals surface area contributed by atoms with E-state index >= 15 is 0 Å². The van der Waals surface area contributed by atoms with E-state index in [1.165, 1.54) is 0 Å². The molecule has 0 aromatic carbocycles. The second kappa shape index (κ2) is 8.50. The summed E-state index contributed by atoms with van der Waals surface area (Å²) in [4.78, 5) is 27.9. The molecule has 2 aromatic rings. The van der Waals surface area contributed by atoms with Gasteiger partial charge in [-0.05, 0) is 32.4 Å². The second-order valence-electron chi connectivity index (χ2n) is 8.23. The van der Waals surface area contributed by atoms with Crippen LogP contribution in [0.5, 0.6) is 0 Å². The summed E-state index contributed by atoms with van der Waals surface area (Å²) < 4.78 is 37.4. The van der Waals surface area contributed by atoms with Crippen molar-refractivity contribution >= 4 is 17.6 Å². The Balaban J connectivity index is 1.46. The summed E-state index contributed by atoms with van der Waals surface area (Å²) in [7, 11) is 0. The van der Waals surface area contributed by atoms with Crippen LogP contribution in [0, 0.1) is 0 Å².